The normalized spacial score (nSPS) is 19.8. The SMILES string of the molecule is COCC1CCN(S(=O)(=O)c2ccc(N)cc2[N+](=O)[O-])C1. The fraction of sp³-hybridized carbons (Fsp3) is 0.500. The minimum Gasteiger partial charge on any atom is -0.399 e. The third-order valence-electron chi connectivity index (χ3n) is 3.45. The first-order valence-electron chi connectivity index (χ1n) is 6.39. The summed E-state index contributed by atoms with van der Waals surface area (Å²) in [4.78, 5) is 10.00. The number of benzene rings is 1. The summed E-state index contributed by atoms with van der Waals surface area (Å²) in [7, 11) is -2.34. The maximum Gasteiger partial charge on any atom is 0.291 e. The maximum atomic E-state index is 12.6. The highest BCUT2D eigenvalue weighted by Gasteiger charge is 2.36. The van der Waals surface area contributed by atoms with Crippen molar-refractivity contribution in [3.8, 4) is 0 Å². The van der Waals surface area contributed by atoms with Crippen molar-refractivity contribution < 1.29 is 18.1 Å². The van der Waals surface area contributed by atoms with Crippen LogP contribution in [-0.2, 0) is 14.8 Å². The molecule has 1 aliphatic rings. The van der Waals surface area contributed by atoms with Gasteiger partial charge in [-0.1, -0.05) is 0 Å². The molecule has 0 bridgehead atoms. The van der Waals surface area contributed by atoms with Crippen LogP contribution in [0.4, 0.5) is 11.4 Å². The molecule has 0 aliphatic carbocycles. The van der Waals surface area contributed by atoms with Crippen LogP contribution in [0.1, 0.15) is 6.42 Å². The second-order valence-electron chi connectivity index (χ2n) is 4.96. The van der Waals surface area contributed by atoms with Crippen molar-refractivity contribution in [1.82, 2.24) is 4.31 Å². The van der Waals surface area contributed by atoms with E-state index in [0.29, 0.717) is 26.1 Å². The van der Waals surface area contributed by atoms with Gasteiger partial charge in [0, 0.05) is 32.0 Å². The number of nitrogen functional groups attached to an aromatic ring is 1. The van der Waals surface area contributed by atoms with Crippen molar-refractivity contribution in [2.45, 2.75) is 11.3 Å². The van der Waals surface area contributed by atoms with E-state index in [2.05, 4.69) is 0 Å². The highest BCUT2D eigenvalue weighted by molar-refractivity contribution is 7.89. The van der Waals surface area contributed by atoms with Crippen LogP contribution < -0.4 is 5.73 Å². The van der Waals surface area contributed by atoms with Crippen molar-refractivity contribution in [3.05, 3.63) is 28.3 Å². The van der Waals surface area contributed by atoms with Crippen LogP contribution >= 0.6 is 0 Å². The van der Waals surface area contributed by atoms with Crippen molar-refractivity contribution >= 4 is 21.4 Å². The summed E-state index contributed by atoms with van der Waals surface area (Å²) in [5, 5.41) is 11.0. The molecule has 0 aromatic heterocycles. The molecular formula is C12H17N3O5S. The van der Waals surface area contributed by atoms with Gasteiger partial charge in [0.15, 0.2) is 4.90 Å². The topological polar surface area (TPSA) is 116 Å². The Morgan fingerprint density at radius 2 is 2.24 bits per heavy atom. The van der Waals surface area contributed by atoms with Gasteiger partial charge < -0.3 is 10.5 Å². The second kappa shape index (κ2) is 5.96. The molecule has 2 N–H and O–H groups in total. The molecule has 1 heterocycles. The Morgan fingerprint density at radius 3 is 2.86 bits per heavy atom. The lowest BCUT2D eigenvalue weighted by Gasteiger charge is -2.16. The molecule has 9 heteroatoms. The first-order chi connectivity index (χ1) is 9.86. The number of methoxy groups -OCH3 is 1. The molecule has 1 saturated heterocycles. The van der Waals surface area contributed by atoms with Gasteiger partial charge in [0.1, 0.15) is 0 Å². The van der Waals surface area contributed by atoms with E-state index in [0.717, 1.165) is 6.07 Å². The van der Waals surface area contributed by atoms with E-state index in [1.165, 1.54) is 16.4 Å². The number of anilines is 1. The van der Waals surface area contributed by atoms with Gasteiger partial charge in [-0.3, -0.25) is 10.1 Å². The highest BCUT2D eigenvalue weighted by Crippen LogP contribution is 2.31. The first kappa shape index (κ1) is 15.7. The zero-order chi connectivity index (χ0) is 15.6. The van der Waals surface area contributed by atoms with E-state index in [1.54, 1.807) is 7.11 Å². The Hall–Kier alpha value is -1.71. The van der Waals surface area contributed by atoms with Gasteiger partial charge >= 0.3 is 0 Å². The largest absolute Gasteiger partial charge is 0.399 e. The summed E-state index contributed by atoms with van der Waals surface area (Å²) in [6, 6.07) is 3.60. The number of nitro benzene ring substituents is 1. The van der Waals surface area contributed by atoms with E-state index < -0.39 is 20.6 Å². The van der Waals surface area contributed by atoms with E-state index in [4.69, 9.17) is 10.5 Å². The average molecular weight is 315 g/mol. The van der Waals surface area contributed by atoms with Crippen LogP contribution in [0.3, 0.4) is 0 Å². The third kappa shape index (κ3) is 3.14. The molecule has 8 nitrogen and oxygen atoms in total. The van der Waals surface area contributed by atoms with Crippen molar-refractivity contribution in [1.29, 1.82) is 0 Å². The van der Waals surface area contributed by atoms with Gasteiger partial charge in [0.2, 0.25) is 10.0 Å². The summed E-state index contributed by atoms with van der Waals surface area (Å²) in [6.45, 7) is 1.10. The molecule has 1 aliphatic heterocycles. The number of sulfonamides is 1. The summed E-state index contributed by atoms with van der Waals surface area (Å²) < 4.78 is 31.4. The summed E-state index contributed by atoms with van der Waals surface area (Å²) >= 11 is 0. The molecule has 1 aromatic rings. The van der Waals surface area contributed by atoms with Crippen molar-refractivity contribution in [2.75, 3.05) is 32.5 Å². The second-order valence-corrected chi connectivity index (χ2v) is 6.86. The summed E-state index contributed by atoms with van der Waals surface area (Å²) in [5.41, 5.74) is 5.15. The lowest BCUT2D eigenvalue weighted by atomic mass is 10.1. The van der Waals surface area contributed by atoms with E-state index >= 15 is 0 Å². The predicted molar refractivity (Wildman–Crippen MR) is 76.3 cm³/mol. The van der Waals surface area contributed by atoms with Crippen LogP contribution in [0.15, 0.2) is 23.1 Å². The fourth-order valence-electron chi connectivity index (χ4n) is 2.42. The zero-order valence-corrected chi connectivity index (χ0v) is 12.4. The van der Waals surface area contributed by atoms with Gasteiger partial charge in [-0.15, -0.1) is 0 Å². The van der Waals surface area contributed by atoms with Gasteiger partial charge in [0.05, 0.1) is 11.5 Å². The fourth-order valence-corrected chi connectivity index (χ4v) is 4.09. The average Bonchev–Trinajstić information content (AvgIpc) is 2.88. The molecule has 0 spiro atoms. The Kier molecular flexibility index (Phi) is 4.45. The number of rotatable bonds is 5. The number of ether oxygens (including phenoxy) is 1. The lowest BCUT2D eigenvalue weighted by Crippen LogP contribution is -2.30. The van der Waals surface area contributed by atoms with E-state index in [9.17, 15) is 18.5 Å². The van der Waals surface area contributed by atoms with Crippen LogP contribution in [-0.4, -0.2) is 44.5 Å². The minimum absolute atomic E-state index is 0.109. The van der Waals surface area contributed by atoms with Gasteiger partial charge in [0.25, 0.3) is 5.69 Å². The first-order valence-corrected chi connectivity index (χ1v) is 7.83. The molecule has 116 valence electrons. The van der Waals surface area contributed by atoms with Crippen molar-refractivity contribution in [2.24, 2.45) is 5.92 Å². The van der Waals surface area contributed by atoms with Crippen LogP contribution in [0, 0.1) is 16.0 Å². The van der Waals surface area contributed by atoms with Gasteiger partial charge in [-0.05, 0) is 24.5 Å². The standard InChI is InChI=1S/C12H17N3O5S/c1-20-8-9-4-5-14(7-9)21(18,19)12-3-2-10(13)6-11(12)15(16)17/h2-3,6,9H,4-5,7-8,13H2,1H3. The molecule has 1 unspecified atom stereocenters. The molecule has 2 rings (SSSR count). The van der Waals surface area contributed by atoms with Gasteiger partial charge in [-0.2, -0.15) is 4.31 Å². The number of hydrogen-bond acceptors (Lipinski definition) is 6. The predicted octanol–water partition coefficient (Wildman–Crippen LogP) is 0.834. The molecule has 1 aromatic carbocycles. The maximum absolute atomic E-state index is 12.6. The lowest BCUT2D eigenvalue weighted by molar-refractivity contribution is -0.387. The zero-order valence-electron chi connectivity index (χ0n) is 11.6. The number of hydrogen-bond donors (Lipinski definition) is 1. The van der Waals surface area contributed by atoms with Crippen LogP contribution in [0.25, 0.3) is 0 Å². The quantitative estimate of drug-likeness (QED) is 0.489. The molecule has 0 radical (unpaired) electrons. The van der Waals surface area contributed by atoms with Crippen molar-refractivity contribution in [3.63, 3.8) is 0 Å². The molecular weight excluding hydrogens is 298 g/mol. The molecule has 1 fully saturated rings. The minimum atomic E-state index is -3.90. The Bertz CT molecular complexity index is 646. The van der Waals surface area contributed by atoms with Gasteiger partial charge in [-0.25, -0.2) is 8.42 Å². The van der Waals surface area contributed by atoms with Crippen LogP contribution in [0.2, 0.25) is 0 Å². The highest BCUT2D eigenvalue weighted by atomic mass is 32.2. The van der Waals surface area contributed by atoms with E-state index in [1.807, 2.05) is 0 Å². The van der Waals surface area contributed by atoms with E-state index in [-0.39, 0.29) is 16.5 Å². The molecule has 0 saturated carbocycles. The number of nitrogens with zero attached hydrogens (tertiary/aromatic N) is 2. The number of nitrogens with two attached hydrogens (primary N) is 1. The smallest absolute Gasteiger partial charge is 0.291 e. The Morgan fingerprint density at radius 1 is 1.52 bits per heavy atom. The monoisotopic (exact) mass is 315 g/mol. The number of nitro groups is 1. The summed E-state index contributed by atoms with van der Waals surface area (Å²) in [5.74, 6) is 0.109. The van der Waals surface area contributed by atoms with Crippen LogP contribution in [0.5, 0.6) is 0 Å². The Balaban J connectivity index is 2.35. The Labute approximate surface area is 122 Å². The molecule has 0 amide bonds. The molecule has 21 heavy (non-hydrogen) atoms. The molecule has 1 atom stereocenters. The third-order valence-corrected chi connectivity index (χ3v) is 5.36. The summed E-state index contributed by atoms with van der Waals surface area (Å²) in [6.07, 6.45) is 0.676.